The third-order valence-corrected chi connectivity index (χ3v) is 12.5. The van der Waals surface area contributed by atoms with Gasteiger partial charge in [-0.3, -0.25) is 9.59 Å². The van der Waals surface area contributed by atoms with Crippen LogP contribution in [0.1, 0.15) is 91.9 Å². The van der Waals surface area contributed by atoms with Gasteiger partial charge in [0.2, 0.25) is 0 Å². The number of allylic oxidation sites excluding steroid dienone is 1. The smallest absolute Gasteiger partial charge is 0.284 e. The number of aliphatic hydroxyl groups is 1. The minimum atomic E-state index is -1.78. The van der Waals surface area contributed by atoms with E-state index >= 15 is 0 Å². The van der Waals surface area contributed by atoms with E-state index in [-0.39, 0.29) is 41.3 Å². The second kappa shape index (κ2) is 8.53. The number of carbonyl (C=O) groups is 2. The monoisotopic (exact) mass is 526 g/mol. The minimum Gasteiger partial charge on any atom is -0.343 e. The lowest BCUT2D eigenvalue weighted by Crippen LogP contribution is -2.71. The van der Waals surface area contributed by atoms with Crippen LogP contribution < -0.4 is 0 Å². The van der Waals surface area contributed by atoms with Gasteiger partial charge < -0.3 is 14.6 Å². The van der Waals surface area contributed by atoms with Crippen LogP contribution in [0.15, 0.2) is 11.6 Å². The lowest BCUT2D eigenvalue weighted by atomic mass is 9.45. The van der Waals surface area contributed by atoms with Crippen molar-refractivity contribution in [2.75, 3.05) is 6.61 Å². The lowest BCUT2D eigenvalue weighted by Gasteiger charge is -2.65. The van der Waals surface area contributed by atoms with Gasteiger partial charge in [0.25, 0.3) is 5.97 Å². The first kappa shape index (κ1) is 26.2. The molecule has 1 N–H and O–H groups in total. The summed E-state index contributed by atoms with van der Waals surface area (Å²) in [4.78, 5) is 25.1. The van der Waals surface area contributed by atoms with E-state index in [1.165, 1.54) is 0 Å². The van der Waals surface area contributed by atoms with Gasteiger partial charge in [-0.05, 0) is 62.9 Å². The Bertz CT molecular complexity index is 952. The van der Waals surface area contributed by atoms with Gasteiger partial charge in [-0.15, -0.1) is 23.2 Å². The van der Waals surface area contributed by atoms with Crippen LogP contribution in [0, 0.1) is 28.6 Å². The summed E-state index contributed by atoms with van der Waals surface area (Å²) in [6.07, 6.45) is 9.32. The van der Waals surface area contributed by atoms with Crippen molar-refractivity contribution in [3.05, 3.63) is 11.6 Å². The molecule has 2 unspecified atom stereocenters. The first-order valence-corrected chi connectivity index (χ1v) is 14.4. The number of carbonyl (C=O) groups excluding carboxylic acids is 2. The summed E-state index contributed by atoms with van der Waals surface area (Å²) in [6.45, 7) is 8.22. The van der Waals surface area contributed by atoms with Gasteiger partial charge >= 0.3 is 0 Å². The van der Waals surface area contributed by atoms with Crippen LogP contribution in [-0.4, -0.2) is 45.1 Å². The normalized spacial score (nSPS) is 50.4. The molecular weight excluding hydrogens is 487 g/mol. The molecule has 1 spiro atoms. The van der Waals surface area contributed by atoms with Crippen LogP contribution in [0.5, 0.6) is 0 Å². The van der Waals surface area contributed by atoms with E-state index in [4.69, 9.17) is 32.7 Å². The molecule has 0 aromatic heterocycles. The fraction of sp³-hybridized carbons (Fsp3) is 0.857. The maximum absolute atomic E-state index is 13.6. The molecule has 196 valence electrons. The van der Waals surface area contributed by atoms with Gasteiger partial charge in [-0.2, -0.15) is 0 Å². The number of hydrogen-bond donors (Lipinski definition) is 1. The Balaban J connectivity index is 1.52. The standard InChI is InChI=1S/C28H40Cl2O5/c1-5-6-7-17(2)28(33)34-16-23(32)26(35-28)13-11-20-21-9-8-18-14-19(31)10-12-24(18,3)27(21,30)22(29)15-25(20,26)4/h14,17,20-22,33H,5-13,15-16H2,1-4H3/t17?,20-,21-,22-,24-,25-,26-,27-,28?/m0/s1. The van der Waals surface area contributed by atoms with E-state index in [0.29, 0.717) is 25.7 Å². The quantitative estimate of drug-likeness (QED) is 0.460. The largest absolute Gasteiger partial charge is 0.343 e. The number of ketones is 2. The Morgan fingerprint density at radius 2 is 1.91 bits per heavy atom. The van der Waals surface area contributed by atoms with Crippen LogP contribution in [-0.2, 0) is 19.1 Å². The third-order valence-electron chi connectivity index (χ3n) is 10.9. The summed E-state index contributed by atoms with van der Waals surface area (Å²) in [6, 6.07) is 0. The van der Waals surface area contributed by atoms with Gasteiger partial charge in [0.1, 0.15) is 12.2 Å². The highest BCUT2D eigenvalue weighted by atomic mass is 35.5. The molecule has 4 aliphatic carbocycles. The van der Waals surface area contributed by atoms with Crippen molar-refractivity contribution in [3.63, 3.8) is 0 Å². The van der Waals surface area contributed by atoms with E-state index in [9.17, 15) is 14.7 Å². The molecule has 5 rings (SSSR count). The average Bonchev–Trinajstić information content (AvgIpc) is 3.08. The number of fused-ring (bicyclic) bond motifs is 6. The van der Waals surface area contributed by atoms with Crippen molar-refractivity contribution >= 4 is 34.8 Å². The summed E-state index contributed by atoms with van der Waals surface area (Å²) in [5.41, 5.74) is -0.885. The molecule has 0 radical (unpaired) electrons. The Morgan fingerprint density at radius 3 is 2.63 bits per heavy atom. The fourth-order valence-electron chi connectivity index (χ4n) is 8.67. The molecule has 35 heavy (non-hydrogen) atoms. The number of hydrogen-bond acceptors (Lipinski definition) is 5. The van der Waals surface area contributed by atoms with Crippen molar-refractivity contribution < 1.29 is 24.2 Å². The fourth-order valence-corrected chi connectivity index (χ4v) is 9.95. The number of halogens is 2. The zero-order chi connectivity index (χ0) is 25.4. The molecule has 0 amide bonds. The van der Waals surface area contributed by atoms with E-state index in [0.717, 1.165) is 44.1 Å². The second-order valence-corrected chi connectivity index (χ2v) is 13.6. The zero-order valence-electron chi connectivity index (χ0n) is 21.5. The number of Topliss-reactive ketones (excluding diaryl/α,β-unsaturated/α-hetero) is 1. The molecular formula is C28H40Cl2O5. The first-order chi connectivity index (χ1) is 16.4. The molecule has 7 heteroatoms. The summed E-state index contributed by atoms with van der Waals surface area (Å²) in [7, 11) is 0. The van der Waals surface area contributed by atoms with Crippen LogP contribution in [0.4, 0.5) is 0 Å². The van der Waals surface area contributed by atoms with Crippen molar-refractivity contribution in [2.24, 2.45) is 28.6 Å². The summed E-state index contributed by atoms with van der Waals surface area (Å²) in [5, 5.41) is 11.1. The highest BCUT2D eigenvalue weighted by Gasteiger charge is 2.75. The van der Waals surface area contributed by atoms with Gasteiger partial charge in [-0.25, -0.2) is 0 Å². The molecule has 1 aliphatic heterocycles. The molecule has 1 saturated heterocycles. The number of ether oxygens (including phenoxy) is 2. The molecule has 9 atom stereocenters. The van der Waals surface area contributed by atoms with E-state index < -0.39 is 27.2 Å². The average molecular weight is 528 g/mol. The maximum Gasteiger partial charge on any atom is 0.284 e. The van der Waals surface area contributed by atoms with E-state index in [1.807, 2.05) is 13.0 Å². The molecule has 1 heterocycles. The first-order valence-electron chi connectivity index (χ1n) is 13.5. The van der Waals surface area contributed by atoms with Crippen LogP contribution in [0.25, 0.3) is 0 Å². The molecule has 5 nitrogen and oxygen atoms in total. The van der Waals surface area contributed by atoms with Gasteiger partial charge in [0.15, 0.2) is 11.6 Å². The summed E-state index contributed by atoms with van der Waals surface area (Å²) < 4.78 is 12.2. The Morgan fingerprint density at radius 1 is 1.17 bits per heavy atom. The third kappa shape index (κ3) is 3.37. The molecule has 3 saturated carbocycles. The van der Waals surface area contributed by atoms with Crippen LogP contribution >= 0.6 is 23.2 Å². The van der Waals surface area contributed by atoms with Crippen molar-refractivity contribution in [2.45, 2.75) is 114 Å². The number of rotatable bonds is 4. The maximum atomic E-state index is 13.6. The Kier molecular flexibility index (Phi) is 6.37. The van der Waals surface area contributed by atoms with Crippen molar-refractivity contribution in [1.82, 2.24) is 0 Å². The molecule has 0 bridgehead atoms. The van der Waals surface area contributed by atoms with Crippen molar-refractivity contribution in [1.29, 1.82) is 0 Å². The van der Waals surface area contributed by atoms with Gasteiger partial charge in [0, 0.05) is 23.2 Å². The number of unbranched alkanes of at least 4 members (excludes halogenated alkanes) is 1. The van der Waals surface area contributed by atoms with E-state index in [2.05, 4.69) is 20.8 Å². The van der Waals surface area contributed by atoms with Gasteiger partial charge in [-0.1, -0.05) is 46.1 Å². The van der Waals surface area contributed by atoms with E-state index in [1.54, 1.807) is 0 Å². The SMILES string of the molecule is CCCCC(C)C1(O)OCC(=O)[C@]2(CC[C@H]3[C@@H]4CCC5=CC(=O)CC[C@]5(C)[C@@]4(Cl)[C@@H](Cl)C[C@@]32C)O1. The molecule has 4 fully saturated rings. The predicted octanol–water partition coefficient (Wildman–Crippen LogP) is 5.92. The summed E-state index contributed by atoms with van der Waals surface area (Å²) in [5.74, 6) is -1.70. The van der Waals surface area contributed by atoms with Crippen LogP contribution in [0.2, 0.25) is 0 Å². The topological polar surface area (TPSA) is 72.8 Å². The Labute approximate surface area is 219 Å². The lowest BCUT2D eigenvalue weighted by molar-refractivity contribution is -0.434. The molecule has 0 aromatic carbocycles. The number of alkyl halides is 2. The Hall–Kier alpha value is -0.460. The highest BCUT2D eigenvalue weighted by Crippen LogP contribution is 2.73. The second-order valence-electron chi connectivity index (χ2n) is 12.4. The van der Waals surface area contributed by atoms with Crippen LogP contribution in [0.3, 0.4) is 0 Å². The van der Waals surface area contributed by atoms with Crippen molar-refractivity contribution in [3.8, 4) is 0 Å². The predicted molar refractivity (Wildman–Crippen MR) is 135 cm³/mol. The minimum absolute atomic E-state index is 0.0910. The highest BCUT2D eigenvalue weighted by molar-refractivity contribution is 6.33. The molecule has 0 aromatic rings. The van der Waals surface area contributed by atoms with Gasteiger partial charge in [0.05, 0.1) is 10.3 Å². The molecule has 5 aliphatic rings. The zero-order valence-corrected chi connectivity index (χ0v) is 23.0. The summed E-state index contributed by atoms with van der Waals surface area (Å²) >= 11 is 14.9.